The number of carbonyl (C=O) groups excluding carboxylic acids is 6. The summed E-state index contributed by atoms with van der Waals surface area (Å²) in [5.41, 5.74) is 7.97. The van der Waals surface area contributed by atoms with Crippen LogP contribution in [0.1, 0.15) is 71.9 Å². The summed E-state index contributed by atoms with van der Waals surface area (Å²) in [4.78, 5) is 98.6. The molecule has 1 fully saturated rings. The first kappa shape index (κ1) is 47.7. The Hall–Kier alpha value is -6.01. The Bertz CT molecular complexity index is 2030. The van der Waals surface area contributed by atoms with E-state index in [-0.39, 0.29) is 37.5 Å². The number of carboxylic acid groups (broad SMARTS) is 1. The van der Waals surface area contributed by atoms with E-state index in [9.17, 15) is 48.9 Å². The van der Waals surface area contributed by atoms with Crippen molar-refractivity contribution in [2.24, 2.45) is 17.6 Å². The molecule has 1 aliphatic heterocycles. The van der Waals surface area contributed by atoms with E-state index in [2.05, 4.69) is 31.6 Å². The van der Waals surface area contributed by atoms with E-state index in [1.165, 1.54) is 30.9 Å². The van der Waals surface area contributed by atoms with Gasteiger partial charge >= 0.3 is 5.97 Å². The highest BCUT2D eigenvalue weighted by Crippen LogP contribution is 2.23. The molecule has 8 atom stereocenters. The lowest BCUT2D eigenvalue weighted by atomic mass is 9.99. The van der Waals surface area contributed by atoms with E-state index < -0.39 is 95.7 Å². The molecule has 1 saturated heterocycles. The highest BCUT2D eigenvalue weighted by Gasteiger charge is 2.40. The second-order valence-corrected chi connectivity index (χ2v) is 16.5. The minimum absolute atomic E-state index is 0.0183. The van der Waals surface area contributed by atoms with Crippen LogP contribution in [0.15, 0.2) is 54.7 Å². The van der Waals surface area contributed by atoms with Crippen LogP contribution in [0.5, 0.6) is 5.75 Å². The molecule has 3 aromatic rings. The monoisotopic (exact) mass is 848 g/mol. The summed E-state index contributed by atoms with van der Waals surface area (Å²) in [6.07, 6.45) is 1.11. The zero-order chi connectivity index (χ0) is 45.1. The van der Waals surface area contributed by atoms with Gasteiger partial charge in [-0.2, -0.15) is 0 Å². The number of likely N-dealkylation sites (tertiary alicyclic amines) is 1. The number of benzene rings is 2. The molecule has 4 rings (SSSR count). The minimum atomic E-state index is -1.67. The van der Waals surface area contributed by atoms with Crippen molar-refractivity contribution in [3.63, 3.8) is 0 Å². The van der Waals surface area contributed by atoms with Crippen LogP contribution in [0, 0.1) is 11.8 Å². The number of nitrogens with two attached hydrogens (primary N) is 1. The molecule has 0 aliphatic carbocycles. The third kappa shape index (κ3) is 13.0. The third-order valence-corrected chi connectivity index (χ3v) is 10.7. The number of carboxylic acids is 1. The average molecular weight is 849 g/mol. The molecule has 11 N–H and O–H groups in total. The molecular formula is C43H60N8O10. The number of carbonyl (C=O) groups is 7. The number of para-hydroxylation sites is 1. The predicted molar refractivity (Wildman–Crippen MR) is 225 cm³/mol. The molecule has 1 aromatic heterocycles. The fraction of sp³-hybridized carbons (Fsp3) is 0.512. The number of aromatic nitrogens is 1. The minimum Gasteiger partial charge on any atom is -0.508 e. The van der Waals surface area contributed by atoms with Crippen LogP contribution in [0.25, 0.3) is 10.9 Å². The largest absolute Gasteiger partial charge is 0.508 e. The number of aromatic amines is 1. The van der Waals surface area contributed by atoms with E-state index >= 15 is 0 Å². The first-order valence-electron chi connectivity index (χ1n) is 20.6. The summed E-state index contributed by atoms with van der Waals surface area (Å²) >= 11 is 0. The van der Waals surface area contributed by atoms with Crippen molar-refractivity contribution in [2.75, 3.05) is 6.54 Å². The quantitative estimate of drug-likeness (QED) is 0.0751. The number of aliphatic hydroxyl groups excluding tert-OH is 1. The van der Waals surface area contributed by atoms with Gasteiger partial charge in [0, 0.05) is 36.5 Å². The lowest BCUT2D eigenvalue weighted by Gasteiger charge is -2.31. The van der Waals surface area contributed by atoms with Crippen LogP contribution in [-0.4, -0.2) is 122 Å². The molecule has 0 bridgehead atoms. The van der Waals surface area contributed by atoms with Crippen LogP contribution in [0.4, 0.5) is 0 Å². The topological polar surface area (TPSA) is 285 Å². The molecule has 0 spiro atoms. The Labute approximate surface area is 354 Å². The SMILES string of the molecule is CC(C)C[C@H](N)C(=O)N[C@@H](C)C(=O)N[C@H](C(=O)N[C@@H](Cc1ccc(O)cc1)C(=O)N1CCC[C@H]1C(=O)N[C@@H](Cc1c[nH]c2ccccc12)C(=O)N[C@H](C(=O)O)[C@@H](C)O)C(C)C. The fourth-order valence-corrected chi connectivity index (χ4v) is 7.29. The number of hydrogen-bond donors (Lipinski definition) is 10. The number of nitrogens with zero attached hydrogens (tertiary/aromatic N) is 1. The number of aliphatic hydroxyl groups is 1. The molecular weight excluding hydrogens is 789 g/mol. The summed E-state index contributed by atoms with van der Waals surface area (Å²) < 4.78 is 0. The van der Waals surface area contributed by atoms with E-state index in [0.717, 1.165) is 10.9 Å². The van der Waals surface area contributed by atoms with Gasteiger partial charge in [-0.15, -0.1) is 0 Å². The van der Waals surface area contributed by atoms with E-state index in [1.807, 2.05) is 32.0 Å². The second kappa shape index (κ2) is 21.5. The Morgan fingerprint density at radius 1 is 0.787 bits per heavy atom. The predicted octanol–water partition coefficient (Wildman–Crippen LogP) is 0.588. The molecule has 18 nitrogen and oxygen atoms in total. The number of aliphatic carboxylic acids is 1. The van der Waals surface area contributed by atoms with Gasteiger partial charge in [-0.25, -0.2) is 4.79 Å². The number of hydrogen-bond acceptors (Lipinski definition) is 10. The van der Waals surface area contributed by atoms with Gasteiger partial charge in [-0.05, 0) is 74.3 Å². The highest BCUT2D eigenvalue weighted by atomic mass is 16.4. The first-order chi connectivity index (χ1) is 28.8. The summed E-state index contributed by atoms with van der Waals surface area (Å²) in [5, 5.41) is 43.5. The van der Waals surface area contributed by atoms with Crippen molar-refractivity contribution >= 4 is 52.3 Å². The highest BCUT2D eigenvalue weighted by molar-refractivity contribution is 5.98. The fourth-order valence-electron chi connectivity index (χ4n) is 7.29. The molecule has 0 unspecified atom stereocenters. The van der Waals surface area contributed by atoms with Crippen molar-refractivity contribution < 1.29 is 48.9 Å². The van der Waals surface area contributed by atoms with Crippen molar-refractivity contribution in [1.82, 2.24) is 36.5 Å². The number of rotatable bonds is 20. The molecule has 18 heteroatoms. The Morgan fingerprint density at radius 2 is 1.44 bits per heavy atom. The molecule has 0 saturated carbocycles. The van der Waals surface area contributed by atoms with Gasteiger partial charge in [0.05, 0.1) is 12.1 Å². The number of phenolic OH excluding ortho intramolecular Hbond substituents is 1. The Kier molecular flexibility index (Phi) is 16.8. The Morgan fingerprint density at radius 3 is 2.07 bits per heavy atom. The molecule has 0 radical (unpaired) electrons. The molecule has 332 valence electrons. The maximum atomic E-state index is 14.5. The number of amides is 6. The number of aromatic hydroxyl groups is 1. The summed E-state index contributed by atoms with van der Waals surface area (Å²) in [6, 6.07) is 4.93. The van der Waals surface area contributed by atoms with Gasteiger partial charge in [0.2, 0.25) is 35.4 Å². The number of phenols is 1. The average Bonchev–Trinajstić information content (AvgIpc) is 3.86. The number of fused-ring (bicyclic) bond motifs is 1. The van der Waals surface area contributed by atoms with E-state index in [4.69, 9.17) is 5.73 Å². The van der Waals surface area contributed by atoms with Crippen LogP contribution in [0.2, 0.25) is 0 Å². The molecule has 61 heavy (non-hydrogen) atoms. The number of nitrogens with one attached hydrogen (secondary N) is 6. The molecule has 1 aliphatic rings. The van der Waals surface area contributed by atoms with Gasteiger partial charge < -0.3 is 57.5 Å². The van der Waals surface area contributed by atoms with Gasteiger partial charge in [-0.1, -0.05) is 58.0 Å². The van der Waals surface area contributed by atoms with Crippen molar-refractivity contribution in [3.8, 4) is 5.75 Å². The smallest absolute Gasteiger partial charge is 0.328 e. The van der Waals surface area contributed by atoms with Crippen LogP contribution < -0.4 is 32.3 Å². The van der Waals surface area contributed by atoms with E-state index in [0.29, 0.717) is 24.0 Å². The van der Waals surface area contributed by atoms with Crippen molar-refractivity contribution in [3.05, 3.63) is 65.9 Å². The van der Waals surface area contributed by atoms with Gasteiger partial charge in [0.15, 0.2) is 6.04 Å². The van der Waals surface area contributed by atoms with Crippen LogP contribution in [0.3, 0.4) is 0 Å². The zero-order valence-electron chi connectivity index (χ0n) is 35.4. The summed E-state index contributed by atoms with van der Waals surface area (Å²) in [7, 11) is 0. The number of H-pyrrole nitrogens is 1. The van der Waals surface area contributed by atoms with Gasteiger partial charge in [-0.3, -0.25) is 28.8 Å². The Balaban J connectivity index is 1.57. The van der Waals surface area contributed by atoms with Gasteiger partial charge in [0.1, 0.15) is 36.0 Å². The summed E-state index contributed by atoms with van der Waals surface area (Å²) in [6.45, 7) is 10.0. The normalized spacial score (nSPS) is 17.4. The van der Waals surface area contributed by atoms with Crippen LogP contribution in [-0.2, 0) is 46.4 Å². The van der Waals surface area contributed by atoms with Crippen molar-refractivity contribution in [1.29, 1.82) is 0 Å². The van der Waals surface area contributed by atoms with E-state index in [1.54, 1.807) is 38.2 Å². The first-order valence-corrected chi connectivity index (χ1v) is 20.6. The lowest BCUT2D eigenvalue weighted by molar-refractivity contribution is -0.145. The third-order valence-electron chi connectivity index (χ3n) is 10.7. The van der Waals surface area contributed by atoms with Crippen LogP contribution >= 0.6 is 0 Å². The lowest BCUT2D eigenvalue weighted by Crippen LogP contribution is -2.61. The maximum absolute atomic E-state index is 14.5. The second-order valence-electron chi connectivity index (χ2n) is 16.5. The maximum Gasteiger partial charge on any atom is 0.328 e. The molecule has 2 heterocycles. The van der Waals surface area contributed by atoms with Gasteiger partial charge in [0.25, 0.3) is 0 Å². The molecule has 6 amide bonds. The molecule has 2 aromatic carbocycles. The van der Waals surface area contributed by atoms with Crippen molar-refractivity contribution in [2.45, 2.75) is 122 Å². The standard InChI is InChI=1S/C43H60N8O10/c1-22(2)18-30(44)38(55)46-24(5)37(54)49-35(23(3)4)41(58)48-33(19-26-13-15-28(53)16-14-26)42(59)51-17-9-12-34(51)40(57)47-32(39(56)50-36(25(6)52)43(60)61)20-27-21-45-31-11-8-7-10-29(27)31/h7-8,10-11,13-16,21-25,30,32-36,45,52-53H,9,12,17-20,44H2,1-6H3,(H,46,55)(H,47,57)(H,48,58)(H,49,54)(H,50,56)(H,60,61)/t24-,25+,30-,32-,33-,34-,35-,36-/m0/s1. The zero-order valence-corrected chi connectivity index (χ0v) is 35.4. The summed E-state index contributed by atoms with van der Waals surface area (Å²) in [5.74, 6) is -5.86.